The maximum atomic E-state index is 12.8. The number of rotatable bonds is 7. The summed E-state index contributed by atoms with van der Waals surface area (Å²) in [6.45, 7) is 3.15. The highest BCUT2D eigenvalue weighted by Gasteiger charge is 2.16. The molecule has 2 aromatic rings. The Labute approximate surface area is 141 Å². The van der Waals surface area contributed by atoms with Crippen LogP contribution in [0, 0.1) is 6.92 Å². The zero-order valence-corrected chi connectivity index (χ0v) is 14.6. The fraction of sp³-hybridized carbons (Fsp3) is 0.444. The number of aliphatic carboxylic acids is 1. The van der Waals surface area contributed by atoms with E-state index in [0.717, 1.165) is 17.8 Å². The lowest BCUT2D eigenvalue weighted by molar-refractivity contribution is -0.136. The van der Waals surface area contributed by atoms with Crippen molar-refractivity contribution in [3.63, 3.8) is 0 Å². The molecule has 0 saturated carbocycles. The minimum Gasteiger partial charge on any atom is -0.490 e. The predicted octanol–water partition coefficient (Wildman–Crippen LogP) is 1.80. The lowest BCUT2D eigenvalue weighted by Gasteiger charge is -2.18. The molecule has 6 nitrogen and oxygen atoms in total. The summed E-state index contributed by atoms with van der Waals surface area (Å²) >= 11 is 0. The summed E-state index contributed by atoms with van der Waals surface area (Å²) in [5, 5.41) is 9.45. The molecule has 0 amide bonds. The lowest BCUT2D eigenvalue weighted by Crippen LogP contribution is -2.21. The molecule has 0 bridgehead atoms. The van der Waals surface area contributed by atoms with Crippen molar-refractivity contribution in [1.82, 2.24) is 9.47 Å². The van der Waals surface area contributed by atoms with Crippen LogP contribution in [0.1, 0.15) is 17.7 Å². The SMILES string of the molecule is Cc1c(CCC(=O)O)c(=O)c2cccc(OCCN(C)C)c2n1C. The van der Waals surface area contributed by atoms with E-state index in [0.29, 0.717) is 23.3 Å². The number of likely N-dealkylation sites (N-methyl/N-ethyl adjacent to an activating group) is 1. The lowest BCUT2D eigenvalue weighted by atomic mass is 10.0. The van der Waals surface area contributed by atoms with Crippen LogP contribution >= 0.6 is 0 Å². The van der Waals surface area contributed by atoms with Gasteiger partial charge < -0.3 is 19.3 Å². The maximum absolute atomic E-state index is 12.8. The van der Waals surface area contributed by atoms with Crippen molar-refractivity contribution in [3.8, 4) is 5.75 Å². The van der Waals surface area contributed by atoms with Crippen molar-refractivity contribution < 1.29 is 14.6 Å². The van der Waals surface area contributed by atoms with Gasteiger partial charge in [-0.2, -0.15) is 0 Å². The van der Waals surface area contributed by atoms with Gasteiger partial charge in [0.2, 0.25) is 0 Å². The largest absolute Gasteiger partial charge is 0.490 e. The Hall–Kier alpha value is -2.34. The molecule has 0 radical (unpaired) electrons. The molecule has 0 fully saturated rings. The van der Waals surface area contributed by atoms with Crippen LogP contribution in [-0.2, 0) is 18.3 Å². The number of benzene rings is 1. The van der Waals surface area contributed by atoms with E-state index in [1.54, 1.807) is 12.1 Å². The number of fused-ring (bicyclic) bond motifs is 1. The van der Waals surface area contributed by atoms with E-state index in [4.69, 9.17) is 9.84 Å². The van der Waals surface area contributed by atoms with Crippen molar-refractivity contribution in [2.45, 2.75) is 19.8 Å². The molecular formula is C18H24N2O4. The Morgan fingerprint density at radius 2 is 2.04 bits per heavy atom. The van der Waals surface area contributed by atoms with Crippen molar-refractivity contribution in [2.24, 2.45) is 7.05 Å². The number of aromatic nitrogens is 1. The fourth-order valence-electron chi connectivity index (χ4n) is 2.73. The van der Waals surface area contributed by atoms with Crippen LogP contribution in [0.5, 0.6) is 5.75 Å². The van der Waals surface area contributed by atoms with E-state index >= 15 is 0 Å². The standard InChI is InChI=1S/C18H24N2O4/c1-12-13(8-9-16(21)22)18(23)14-6-5-7-15(17(14)20(12)4)24-11-10-19(2)3/h5-7H,8-11H2,1-4H3,(H,21,22). The highest BCUT2D eigenvalue weighted by atomic mass is 16.5. The van der Waals surface area contributed by atoms with Gasteiger partial charge in [0.1, 0.15) is 12.4 Å². The summed E-state index contributed by atoms with van der Waals surface area (Å²) in [5.74, 6) is -0.237. The van der Waals surface area contributed by atoms with Crippen LogP contribution in [-0.4, -0.2) is 47.8 Å². The van der Waals surface area contributed by atoms with E-state index in [9.17, 15) is 9.59 Å². The van der Waals surface area contributed by atoms with Gasteiger partial charge in [0.05, 0.1) is 5.52 Å². The molecule has 0 unspecified atom stereocenters. The highest BCUT2D eigenvalue weighted by molar-refractivity contribution is 5.86. The number of hydrogen-bond donors (Lipinski definition) is 1. The van der Waals surface area contributed by atoms with E-state index in [-0.39, 0.29) is 18.3 Å². The van der Waals surface area contributed by atoms with Crippen molar-refractivity contribution >= 4 is 16.9 Å². The summed E-state index contributed by atoms with van der Waals surface area (Å²) in [7, 11) is 5.82. The Morgan fingerprint density at radius 3 is 2.67 bits per heavy atom. The Morgan fingerprint density at radius 1 is 1.33 bits per heavy atom. The van der Waals surface area contributed by atoms with Gasteiger partial charge in [-0.15, -0.1) is 0 Å². The summed E-state index contributed by atoms with van der Waals surface area (Å²) in [4.78, 5) is 25.6. The van der Waals surface area contributed by atoms with E-state index < -0.39 is 5.97 Å². The average molecular weight is 332 g/mol. The monoisotopic (exact) mass is 332 g/mol. The molecule has 6 heteroatoms. The van der Waals surface area contributed by atoms with Gasteiger partial charge >= 0.3 is 5.97 Å². The van der Waals surface area contributed by atoms with Crippen molar-refractivity contribution in [3.05, 3.63) is 39.7 Å². The minimum atomic E-state index is -0.905. The Kier molecular flexibility index (Phi) is 5.62. The van der Waals surface area contributed by atoms with Gasteiger partial charge in [-0.1, -0.05) is 6.07 Å². The van der Waals surface area contributed by atoms with Crippen LogP contribution in [0.2, 0.25) is 0 Å². The maximum Gasteiger partial charge on any atom is 0.303 e. The Bertz CT molecular complexity index is 809. The van der Waals surface area contributed by atoms with Crippen molar-refractivity contribution in [1.29, 1.82) is 0 Å². The van der Waals surface area contributed by atoms with E-state index in [1.807, 2.05) is 43.6 Å². The second-order valence-corrected chi connectivity index (χ2v) is 6.15. The summed E-state index contributed by atoms with van der Waals surface area (Å²) in [6.07, 6.45) is 0.177. The zero-order valence-electron chi connectivity index (χ0n) is 14.6. The van der Waals surface area contributed by atoms with Crippen LogP contribution in [0.3, 0.4) is 0 Å². The third kappa shape index (κ3) is 3.76. The predicted molar refractivity (Wildman–Crippen MR) is 93.9 cm³/mol. The topological polar surface area (TPSA) is 71.8 Å². The molecule has 0 spiro atoms. The molecular weight excluding hydrogens is 308 g/mol. The number of nitrogens with zero attached hydrogens (tertiary/aromatic N) is 2. The minimum absolute atomic E-state index is 0.0549. The first kappa shape index (κ1) is 18.0. The summed E-state index contributed by atoms with van der Waals surface area (Å²) in [6, 6.07) is 5.42. The highest BCUT2D eigenvalue weighted by Crippen LogP contribution is 2.25. The average Bonchev–Trinajstić information content (AvgIpc) is 2.52. The van der Waals surface area contributed by atoms with Crippen LogP contribution in [0.4, 0.5) is 0 Å². The first-order chi connectivity index (χ1) is 11.3. The van der Waals surface area contributed by atoms with Gasteiger partial charge in [0.15, 0.2) is 5.43 Å². The molecule has 0 aliphatic carbocycles. The summed E-state index contributed by atoms with van der Waals surface area (Å²) in [5.41, 5.74) is 1.97. The zero-order chi connectivity index (χ0) is 17.9. The van der Waals surface area contributed by atoms with Gasteiger partial charge in [-0.25, -0.2) is 0 Å². The molecule has 0 atom stereocenters. The molecule has 1 N–H and O–H groups in total. The third-order valence-electron chi connectivity index (χ3n) is 4.18. The smallest absolute Gasteiger partial charge is 0.303 e. The Balaban J connectivity index is 2.50. The van der Waals surface area contributed by atoms with Crippen molar-refractivity contribution in [2.75, 3.05) is 27.2 Å². The molecule has 1 aromatic heterocycles. The second kappa shape index (κ2) is 7.49. The number of carboxylic acid groups (broad SMARTS) is 1. The second-order valence-electron chi connectivity index (χ2n) is 6.15. The molecule has 1 aromatic carbocycles. The number of pyridine rings is 1. The number of hydrogen-bond acceptors (Lipinski definition) is 4. The molecule has 0 saturated heterocycles. The molecule has 2 rings (SSSR count). The fourth-order valence-corrected chi connectivity index (χ4v) is 2.73. The summed E-state index contributed by atoms with van der Waals surface area (Å²) < 4.78 is 7.78. The molecule has 130 valence electrons. The van der Waals surface area contributed by atoms with Crippen LogP contribution in [0.25, 0.3) is 10.9 Å². The number of aryl methyl sites for hydroxylation is 1. The van der Waals surface area contributed by atoms with Crippen LogP contribution in [0.15, 0.2) is 23.0 Å². The first-order valence-corrected chi connectivity index (χ1v) is 7.93. The number of carboxylic acids is 1. The van der Waals surface area contributed by atoms with Gasteiger partial charge in [0, 0.05) is 36.7 Å². The molecule has 0 aliphatic heterocycles. The molecule has 1 heterocycles. The van der Waals surface area contributed by atoms with E-state index in [1.165, 1.54) is 0 Å². The normalized spacial score (nSPS) is 11.2. The van der Waals surface area contributed by atoms with Gasteiger partial charge in [-0.3, -0.25) is 9.59 Å². The molecule has 24 heavy (non-hydrogen) atoms. The number of carbonyl (C=O) groups is 1. The quantitative estimate of drug-likeness (QED) is 0.837. The van der Waals surface area contributed by atoms with Crippen LogP contribution < -0.4 is 10.2 Å². The third-order valence-corrected chi connectivity index (χ3v) is 4.18. The van der Waals surface area contributed by atoms with Gasteiger partial charge in [-0.05, 0) is 39.6 Å². The number of ether oxygens (including phenoxy) is 1. The van der Waals surface area contributed by atoms with E-state index in [2.05, 4.69) is 0 Å². The number of para-hydroxylation sites is 1. The molecule has 0 aliphatic rings. The first-order valence-electron chi connectivity index (χ1n) is 7.93. The van der Waals surface area contributed by atoms with Gasteiger partial charge in [0.25, 0.3) is 0 Å².